The molecule has 3 amide bonds. The summed E-state index contributed by atoms with van der Waals surface area (Å²) in [5, 5.41) is 3.09. The van der Waals surface area contributed by atoms with Gasteiger partial charge in [-0.05, 0) is 55.4 Å². The number of nitrogens with one attached hydrogen (secondary N) is 1. The second-order valence-electron chi connectivity index (χ2n) is 8.08. The summed E-state index contributed by atoms with van der Waals surface area (Å²) in [6.07, 6.45) is 6.62. The van der Waals surface area contributed by atoms with Gasteiger partial charge < -0.3 is 10.1 Å². The van der Waals surface area contributed by atoms with E-state index in [2.05, 4.69) is 5.32 Å². The van der Waals surface area contributed by atoms with Crippen molar-refractivity contribution in [2.45, 2.75) is 57.5 Å². The van der Waals surface area contributed by atoms with Crippen LogP contribution in [0.4, 0.5) is 0 Å². The molecule has 0 bridgehead atoms. The number of benzene rings is 1. The van der Waals surface area contributed by atoms with Crippen molar-refractivity contribution in [3.8, 4) is 5.75 Å². The van der Waals surface area contributed by atoms with Crippen molar-refractivity contribution in [1.82, 2.24) is 10.2 Å². The Bertz CT molecular complexity index is 743. The number of carbonyl (C=O) groups is 3. The quantitative estimate of drug-likeness (QED) is 0.604. The normalized spacial score (nSPS) is 23.1. The minimum Gasteiger partial charge on any atom is -0.497 e. The van der Waals surface area contributed by atoms with Gasteiger partial charge in [-0.3, -0.25) is 19.3 Å². The van der Waals surface area contributed by atoms with Gasteiger partial charge >= 0.3 is 0 Å². The number of ether oxygens (including phenoxy) is 1. The summed E-state index contributed by atoms with van der Waals surface area (Å²) in [5.74, 6) is 0.454. The van der Waals surface area contributed by atoms with Crippen molar-refractivity contribution < 1.29 is 19.1 Å². The van der Waals surface area contributed by atoms with E-state index in [1.54, 1.807) is 18.9 Å². The van der Waals surface area contributed by atoms with Gasteiger partial charge in [0.15, 0.2) is 0 Å². The summed E-state index contributed by atoms with van der Waals surface area (Å²) >= 11 is 1.62. The molecule has 4 unspecified atom stereocenters. The van der Waals surface area contributed by atoms with Crippen LogP contribution in [0.2, 0.25) is 0 Å². The second-order valence-corrected chi connectivity index (χ2v) is 9.07. The van der Waals surface area contributed by atoms with Crippen molar-refractivity contribution in [1.29, 1.82) is 0 Å². The number of nitrogens with zero attached hydrogens (tertiary/aromatic N) is 1. The highest BCUT2D eigenvalue weighted by atomic mass is 32.2. The van der Waals surface area contributed by atoms with Crippen molar-refractivity contribution in [3.63, 3.8) is 0 Å². The van der Waals surface area contributed by atoms with Crippen LogP contribution in [0, 0.1) is 11.8 Å². The first-order valence-electron chi connectivity index (χ1n) is 10.8. The van der Waals surface area contributed by atoms with Gasteiger partial charge in [0.1, 0.15) is 11.8 Å². The Hall–Kier alpha value is -2.02. The molecule has 0 spiro atoms. The number of likely N-dealkylation sites (tertiary alicyclic amines) is 1. The summed E-state index contributed by atoms with van der Waals surface area (Å²) in [6.45, 7) is 2.01. The zero-order valence-corrected chi connectivity index (χ0v) is 18.9. The SMILES string of the molecule is CCC(NC(=O)C(CCSC)N1C(=O)C2CCCCC2C1=O)c1ccc(OC)cc1. The van der Waals surface area contributed by atoms with E-state index >= 15 is 0 Å². The molecule has 1 saturated heterocycles. The van der Waals surface area contributed by atoms with Crippen molar-refractivity contribution in [2.75, 3.05) is 19.1 Å². The highest BCUT2D eigenvalue weighted by Crippen LogP contribution is 2.39. The van der Waals surface area contributed by atoms with Gasteiger partial charge in [-0.25, -0.2) is 0 Å². The standard InChI is InChI=1S/C23H32N2O4S/c1-4-19(15-9-11-16(29-2)12-10-15)24-21(26)20(13-14-30-3)25-22(27)17-7-5-6-8-18(17)23(25)28/h9-12,17-20H,4-8,13-14H2,1-3H3,(H,24,26). The molecule has 6 nitrogen and oxygen atoms in total. The predicted molar refractivity (Wildman–Crippen MR) is 118 cm³/mol. The van der Waals surface area contributed by atoms with Crippen LogP contribution in [0.25, 0.3) is 0 Å². The van der Waals surface area contributed by atoms with E-state index in [1.807, 2.05) is 37.4 Å². The molecule has 2 aliphatic rings. The molecule has 1 heterocycles. The van der Waals surface area contributed by atoms with Crippen molar-refractivity contribution in [2.24, 2.45) is 11.8 Å². The lowest BCUT2D eigenvalue weighted by atomic mass is 9.81. The smallest absolute Gasteiger partial charge is 0.243 e. The van der Waals surface area contributed by atoms with Crippen LogP contribution in [-0.2, 0) is 14.4 Å². The van der Waals surface area contributed by atoms with E-state index in [4.69, 9.17) is 4.74 Å². The second kappa shape index (κ2) is 10.3. The van der Waals surface area contributed by atoms with Gasteiger partial charge in [-0.1, -0.05) is 31.9 Å². The molecule has 1 N–H and O–H groups in total. The number of amides is 3. The van der Waals surface area contributed by atoms with Crippen LogP contribution >= 0.6 is 11.8 Å². The Morgan fingerprint density at radius 3 is 2.27 bits per heavy atom. The summed E-state index contributed by atoms with van der Waals surface area (Å²) in [7, 11) is 1.62. The van der Waals surface area contributed by atoms with E-state index in [0.717, 1.165) is 37.0 Å². The number of imide groups is 1. The lowest BCUT2D eigenvalue weighted by molar-refractivity contribution is -0.148. The monoisotopic (exact) mass is 432 g/mol. The average Bonchev–Trinajstić information content (AvgIpc) is 3.03. The van der Waals surface area contributed by atoms with Gasteiger partial charge in [0.25, 0.3) is 0 Å². The van der Waals surface area contributed by atoms with Crippen LogP contribution in [0.15, 0.2) is 24.3 Å². The minimum atomic E-state index is -0.740. The summed E-state index contributed by atoms with van der Waals surface area (Å²) in [6, 6.07) is 6.68. The number of hydrogen-bond donors (Lipinski definition) is 1. The van der Waals surface area contributed by atoms with Crippen molar-refractivity contribution >= 4 is 29.5 Å². The topological polar surface area (TPSA) is 75.7 Å². The van der Waals surface area contributed by atoms with E-state index in [0.29, 0.717) is 18.6 Å². The van der Waals surface area contributed by atoms with Gasteiger partial charge in [-0.2, -0.15) is 11.8 Å². The van der Waals surface area contributed by atoms with Crippen LogP contribution in [0.3, 0.4) is 0 Å². The molecule has 4 atom stereocenters. The first kappa shape index (κ1) is 22.7. The first-order valence-corrected chi connectivity index (χ1v) is 12.2. The Labute approximate surface area is 183 Å². The zero-order chi connectivity index (χ0) is 21.7. The number of rotatable bonds is 9. The van der Waals surface area contributed by atoms with Gasteiger partial charge in [0.2, 0.25) is 17.7 Å². The molecule has 2 fully saturated rings. The summed E-state index contributed by atoms with van der Waals surface area (Å²) < 4.78 is 5.21. The Kier molecular flexibility index (Phi) is 7.81. The fraction of sp³-hybridized carbons (Fsp3) is 0.609. The Balaban J connectivity index is 1.79. The van der Waals surface area contributed by atoms with Crippen LogP contribution in [0.5, 0.6) is 5.75 Å². The third kappa shape index (κ3) is 4.66. The van der Waals surface area contributed by atoms with E-state index in [9.17, 15) is 14.4 Å². The molecule has 3 rings (SSSR count). The molecule has 1 aromatic rings. The maximum Gasteiger partial charge on any atom is 0.243 e. The fourth-order valence-corrected chi connectivity index (χ4v) is 5.09. The maximum atomic E-state index is 13.3. The highest BCUT2D eigenvalue weighted by molar-refractivity contribution is 7.98. The number of thioether (sulfide) groups is 1. The molecule has 164 valence electrons. The summed E-state index contributed by atoms with van der Waals surface area (Å²) in [4.78, 5) is 40.7. The fourth-order valence-electron chi connectivity index (χ4n) is 4.63. The summed E-state index contributed by atoms with van der Waals surface area (Å²) in [5.41, 5.74) is 0.975. The molecule has 0 radical (unpaired) electrons. The molecule has 0 aromatic heterocycles. The first-order chi connectivity index (χ1) is 14.5. The molecular weight excluding hydrogens is 400 g/mol. The van der Waals surface area contributed by atoms with E-state index in [1.165, 1.54) is 4.90 Å². The molecule has 1 aliphatic heterocycles. The molecule has 1 aliphatic carbocycles. The van der Waals surface area contributed by atoms with Gasteiger partial charge in [0.05, 0.1) is 25.0 Å². The van der Waals surface area contributed by atoms with Gasteiger partial charge in [-0.15, -0.1) is 0 Å². The molecular formula is C23H32N2O4S. The van der Waals surface area contributed by atoms with E-state index < -0.39 is 6.04 Å². The molecule has 7 heteroatoms. The number of carbonyl (C=O) groups excluding carboxylic acids is 3. The van der Waals surface area contributed by atoms with Crippen LogP contribution in [-0.4, -0.2) is 47.8 Å². The minimum absolute atomic E-state index is 0.150. The Morgan fingerprint density at radius 1 is 1.17 bits per heavy atom. The maximum absolute atomic E-state index is 13.3. The lowest BCUT2D eigenvalue weighted by Gasteiger charge is -2.28. The molecule has 1 saturated carbocycles. The average molecular weight is 433 g/mol. The zero-order valence-electron chi connectivity index (χ0n) is 18.1. The van der Waals surface area contributed by atoms with Crippen molar-refractivity contribution in [3.05, 3.63) is 29.8 Å². The van der Waals surface area contributed by atoms with Gasteiger partial charge in [0, 0.05) is 0 Å². The largest absolute Gasteiger partial charge is 0.497 e. The lowest BCUT2D eigenvalue weighted by Crippen LogP contribution is -2.51. The van der Waals surface area contributed by atoms with Crippen LogP contribution in [0.1, 0.15) is 57.1 Å². The highest BCUT2D eigenvalue weighted by Gasteiger charge is 2.51. The molecule has 1 aromatic carbocycles. The van der Waals surface area contributed by atoms with Crippen LogP contribution < -0.4 is 10.1 Å². The number of fused-ring (bicyclic) bond motifs is 1. The third-order valence-corrected chi connectivity index (χ3v) is 6.97. The third-order valence-electron chi connectivity index (χ3n) is 6.33. The molecule has 30 heavy (non-hydrogen) atoms. The van der Waals surface area contributed by atoms with E-state index in [-0.39, 0.29) is 35.6 Å². The number of methoxy groups -OCH3 is 1. The number of hydrogen-bond acceptors (Lipinski definition) is 5. The Morgan fingerprint density at radius 2 is 1.77 bits per heavy atom. The predicted octanol–water partition coefficient (Wildman–Crippen LogP) is 3.56.